The van der Waals surface area contributed by atoms with Gasteiger partial charge in [-0.3, -0.25) is 20.0 Å². The summed E-state index contributed by atoms with van der Waals surface area (Å²) in [6.07, 6.45) is 1.80. The fourth-order valence-electron chi connectivity index (χ4n) is 1.64. The maximum absolute atomic E-state index is 12.0. The Kier molecular flexibility index (Phi) is 4.33. The third-order valence-corrected chi connectivity index (χ3v) is 2.99. The number of H-pyrrole nitrogens is 1. The van der Waals surface area contributed by atoms with Crippen molar-refractivity contribution in [3.63, 3.8) is 0 Å². The quantitative estimate of drug-likeness (QED) is 0.426. The lowest BCUT2D eigenvalue weighted by Gasteiger charge is -2.08. The Bertz CT molecular complexity index is 673. The predicted molar refractivity (Wildman–Crippen MR) is 74.9 cm³/mol. The fraction of sp³-hybridized carbons (Fsp3) is 0.182. The predicted octanol–water partition coefficient (Wildman–Crippen LogP) is 0.921. The molecule has 21 heavy (non-hydrogen) atoms. The summed E-state index contributed by atoms with van der Waals surface area (Å²) >= 11 is 5.79. The molecule has 0 spiro atoms. The Morgan fingerprint density at radius 3 is 2.90 bits per heavy atom. The van der Waals surface area contributed by atoms with Crippen LogP contribution in [-0.2, 0) is 6.42 Å². The second-order valence-electron chi connectivity index (χ2n) is 4.08. The molecule has 0 fully saturated rings. The lowest BCUT2D eigenvalue weighted by molar-refractivity contribution is -0.384. The molecule has 9 nitrogen and oxygen atoms in total. The zero-order valence-corrected chi connectivity index (χ0v) is 11.4. The van der Waals surface area contributed by atoms with Crippen molar-refractivity contribution < 1.29 is 9.72 Å². The van der Waals surface area contributed by atoms with E-state index in [1.807, 2.05) is 0 Å². The van der Waals surface area contributed by atoms with Crippen molar-refractivity contribution in [1.29, 1.82) is 0 Å². The number of hydrogen-bond acceptors (Lipinski definition) is 6. The van der Waals surface area contributed by atoms with E-state index in [2.05, 4.69) is 20.5 Å². The summed E-state index contributed by atoms with van der Waals surface area (Å²) in [6.45, 7) is 0.272. The number of aromatic nitrogens is 3. The summed E-state index contributed by atoms with van der Waals surface area (Å²) in [7, 11) is 0. The van der Waals surface area contributed by atoms with Gasteiger partial charge < -0.3 is 11.1 Å². The maximum atomic E-state index is 12.0. The molecule has 4 N–H and O–H groups in total. The lowest BCUT2D eigenvalue weighted by Crippen LogP contribution is -2.27. The van der Waals surface area contributed by atoms with Crippen LogP contribution in [0.15, 0.2) is 18.5 Å². The number of halogens is 1. The molecule has 1 amide bonds. The van der Waals surface area contributed by atoms with Crippen molar-refractivity contribution in [1.82, 2.24) is 20.5 Å². The number of aromatic amines is 1. The van der Waals surface area contributed by atoms with Crippen molar-refractivity contribution in [2.75, 3.05) is 12.3 Å². The molecule has 1 heterocycles. The molecule has 0 radical (unpaired) electrons. The van der Waals surface area contributed by atoms with Gasteiger partial charge in [0.05, 0.1) is 21.2 Å². The highest BCUT2D eigenvalue weighted by Gasteiger charge is 2.18. The Balaban J connectivity index is 2.09. The Labute approximate surface area is 123 Å². The molecule has 0 unspecified atom stereocenters. The number of hydrogen-bond donors (Lipinski definition) is 3. The molecule has 2 rings (SSSR count). The van der Waals surface area contributed by atoms with Crippen LogP contribution in [-0.4, -0.2) is 32.6 Å². The zero-order valence-electron chi connectivity index (χ0n) is 10.7. The van der Waals surface area contributed by atoms with Gasteiger partial charge in [0.15, 0.2) is 0 Å². The summed E-state index contributed by atoms with van der Waals surface area (Å²) in [5.41, 5.74) is 5.34. The second-order valence-corrected chi connectivity index (χ2v) is 4.49. The van der Waals surface area contributed by atoms with Gasteiger partial charge in [-0.1, -0.05) is 11.6 Å². The first-order chi connectivity index (χ1) is 9.99. The van der Waals surface area contributed by atoms with Crippen LogP contribution < -0.4 is 11.1 Å². The first kappa shape index (κ1) is 14.7. The molecule has 10 heteroatoms. The van der Waals surface area contributed by atoms with Gasteiger partial charge >= 0.3 is 0 Å². The first-order valence-electron chi connectivity index (χ1n) is 5.85. The van der Waals surface area contributed by atoms with Crippen molar-refractivity contribution in [3.05, 3.63) is 45.0 Å². The smallest absolute Gasteiger partial charge is 0.271 e. The van der Waals surface area contributed by atoms with Crippen LogP contribution in [0, 0.1) is 10.1 Å². The number of nitrogens with two attached hydrogens (primary N) is 1. The first-order valence-corrected chi connectivity index (χ1v) is 6.22. The van der Waals surface area contributed by atoms with E-state index in [1.54, 1.807) is 0 Å². The zero-order chi connectivity index (χ0) is 15.4. The molecular weight excluding hydrogens is 300 g/mol. The lowest BCUT2D eigenvalue weighted by atomic mass is 10.1. The van der Waals surface area contributed by atoms with Crippen LogP contribution >= 0.6 is 11.6 Å². The van der Waals surface area contributed by atoms with Gasteiger partial charge in [-0.05, 0) is 0 Å². The highest BCUT2D eigenvalue weighted by atomic mass is 35.5. The van der Waals surface area contributed by atoms with E-state index in [0.717, 1.165) is 12.1 Å². The summed E-state index contributed by atoms with van der Waals surface area (Å²) in [5, 5.41) is 19.6. The van der Waals surface area contributed by atoms with Crippen molar-refractivity contribution in [2.45, 2.75) is 6.42 Å². The van der Waals surface area contributed by atoms with E-state index >= 15 is 0 Å². The molecule has 1 aromatic heterocycles. The van der Waals surface area contributed by atoms with Crippen LogP contribution in [0.5, 0.6) is 0 Å². The number of benzene rings is 1. The fourth-order valence-corrected chi connectivity index (χ4v) is 1.85. The molecule has 1 aromatic carbocycles. The number of nitro benzene ring substituents is 1. The molecule has 0 bridgehead atoms. The van der Waals surface area contributed by atoms with Gasteiger partial charge in [0.25, 0.3) is 11.6 Å². The number of nitrogen functional groups attached to an aromatic ring is 1. The number of non-ortho nitro benzene ring substituents is 1. The van der Waals surface area contributed by atoms with E-state index in [1.165, 1.54) is 6.33 Å². The summed E-state index contributed by atoms with van der Waals surface area (Å²) < 4.78 is 0. The summed E-state index contributed by atoms with van der Waals surface area (Å²) in [5.74, 6) is 0.0676. The van der Waals surface area contributed by atoms with Crippen LogP contribution in [0.4, 0.5) is 11.4 Å². The van der Waals surface area contributed by atoms with Crippen LogP contribution in [0.3, 0.4) is 0 Å². The van der Waals surface area contributed by atoms with E-state index in [0.29, 0.717) is 12.2 Å². The Morgan fingerprint density at radius 2 is 2.29 bits per heavy atom. The van der Waals surface area contributed by atoms with Crippen LogP contribution in [0.1, 0.15) is 16.2 Å². The van der Waals surface area contributed by atoms with Crippen molar-refractivity contribution >= 4 is 28.9 Å². The van der Waals surface area contributed by atoms with E-state index < -0.39 is 10.8 Å². The normalized spacial score (nSPS) is 10.3. The number of rotatable bonds is 5. The summed E-state index contributed by atoms with van der Waals surface area (Å²) in [4.78, 5) is 26.0. The largest absolute Gasteiger partial charge is 0.397 e. The molecule has 0 saturated heterocycles. The van der Waals surface area contributed by atoms with Crippen LogP contribution in [0.2, 0.25) is 5.02 Å². The number of nitrogens with zero attached hydrogens (tertiary/aromatic N) is 3. The minimum atomic E-state index is -0.642. The Morgan fingerprint density at radius 1 is 1.52 bits per heavy atom. The minimum absolute atomic E-state index is 0.000526. The van der Waals surface area contributed by atoms with Gasteiger partial charge in [0.2, 0.25) is 0 Å². The number of carbonyl (C=O) groups is 1. The van der Waals surface area contributed by atoms with E-state index in [-0.39, 0.29) is 28.5 Å². The van der Waals surface area contributed by atoms with Crippen molar-refractivity contribution in [2.24, 2.45) is 0 Å². The standard InChI is InChI=1S/C11H11ClN6O3/c12-8-4-6(18(20)21)3-7(10(8)13)11(19)14-2-1-9-15-5-16-17-9/h3-5H,1-2,13H2,(H,14,19)(H,15,16,17). The van der Waals surface area contributed by atoms with Gasteiger partial charge in [-0.25, -0.2) is 4.98 Å². The monoisotopic (exact) mass is 310 g/mol. The molecule has 0 aliphatic heterocycles. The molecule has 0 aliphatic rings. The Hall–Kier alpha value is -2.68. The second kappa shape index (κ2) is 6.18. The van der Waals surface area contributed by atoms with Gasteiger partial charge in [-0.2, -0.15) is 5.10 Å². The number of nitrogens with one attached hydrogen (secondary N) is 2. The minimum Gasteiger partial charge on any atom is -0.397 e. The SMILES string of the molecule is Nc1c(Cl)cc([N+](=O)[O-])cc1C(=O)NCCc1ncn[nH]1. The third kappa shape index (κ3) is 3.45. The number of anilines is 1. The number of amides is 1. The molecule has 0 atom stereocenters. The molecule has 2 aromatic rings. The van der Waals surface area contributed by atoms with E-state index in [4.69, 9.17) is 17.3 Å². The van der Waals surface area contributed by atoms with Gasteiger partial charge in [0, 0.05) is 25.1 Å². The average Bonchev–Trinajstić information content (AvgIpc) is 2.94. The highest BCUT2D eigenvalue weighted by Crippen LogP contribution is 2.28. The average molecular weight is 311 g/mol. The maximum Gasteiger partial charge on any atom is 0.271 e. The van der Waals surface area contributed by atoms with Crippen LogP contribution in [0.25, 0.3) is 0 Å². The summed E-state index contributed by atoms with van der Waals surface area (Å²) in [6, 6.07) is 2.19. The highest BCUT2D eigenvalue weighted by molar-refractivity contribution is 6.34. The molecular formula is C11H11ClN6O3. The topological polar surface area (TPSA) is 140 Å². The third-order valence-electron chi connectivity index (χ3n) is 2.68. The van der Waals surface area contributed by atoms with Crippen molar-refractivity contribution in [3.8, 4) is 0 Å². The number of carbonyl (C=O) groups excluding carboxylic acids is 1. The van der Waals surface area contributed by atoms with Gasteiger partial charge in [0.1, 0.15) is 12.2 Å². The molecule has 110 valence electrons. The van der Waals surface area contributed by atoms with E-state index in [9.17, 15) is 14.9 Å². The molecule has 0 saturated carbocycles. The van der Waals surface area contributed by atoms with Gasteiger partial charge in [-0.15, -0.1) is 0 Å². The molecule has 0 aliphatic carbocycles. The number of nitro groups is 1.